The van der Waals surface area contributed by atoms with Gasteiger partial charge in [-0.25, -0.2) is 0 Å². The summed E-state index contributed by atoms with van der Waals surface area (Å²) in [7, 11) is 0. The minimum atomic E-state index is 0.711. The van der Waals surface area contributed by atoms with Gasteiger partial charge in [0.2, 0.25) is 0 Å². The van der Waals surface area contributed by atoms with E-state index in [4.69, 9.17) is 5.73 Å². The second-order valence-electron chi connectivity index (χ2n) is 2.81. The van der Waals surface area contributed by atoms with Crippen LogP contribution >= 0.6 is 0 Å². The smallest absolute Gasteiger partial charge is 0.0500 e. The molecule has 0 aliphatic carbocycles. The maximum atomic E-state index is 5.30. The lowest BCUT2D eigenvalue weighted by atomic mass is 10.3. The lowest BCUT2D eigenvalue weighted by Gasteiger charge is -1.83. The third-order valence-electron chi connectivity index (χ3n) is 1.53. The Kier molecular flexibility index (Phi) is 8.50. The monoisotopic (exact) mass is 217 g/mol. The van der Waals surface area contributed by atoms with Crippen LogP contribution in [0.3, 0.4) is 0 Å². The first kappa shape index (κ1) is 14.1. The molecule has 3 heteroatoms. The fourth-order valence-electron chi connectivity index (χ4n) is 0.802. The van der Waals surface area contributed by atoms with Gasteiger partial charge in [0.15, 0.2) is 0 Å². The Balaban J connectivity index is 0.000000244. The molecular weight excluding hydrogens is 198 g/mol. The number of nitrogens with zero attached hydrogens (tertiary/aromatic N) is 2. The SMILES string of the molecule is CC.Cc1ccncc1.Nc1cccnc1. The molecule has 16 heavy (non-hydrogen) atoms. The zero-order valence-corrected chi connectivity index (χ0v) is 10.1. The average Bonchev–Trinajstić information content (AvgIpc) is 2.34. The molecule has 0 fully saturated rings. The Hall–Kier alpha value is -1.90. The van der Waals surface area contributed by atoms with Crippen molar-refractivity contribution in [1.29, 1.82) is 0 Å². The van der Waals surface area contributed by atoms with Crippen molar-refractivity contribution in [1.82, 2.24) is 9.97 Å². The van der Waals surface area contributed by atoms with Crippen molar-refractivity contribution in [3.63, 3.8) is 0 Å². The first-order chi connectivity index (χ1) is 7.79. The molecule has 0 bridgehead atoms. The van der Waals surface area contributed by atoms with Crippen LogP contribution < -0.4 is 5.73 Å². The molecule has 0 amide bonds. The highest BCUT2D eigenvalue weighted by atomic mass is 14.7. The number of nitrogen functional groups attached to an aromatic ring is 1. The number of rotatable bonds is 0. The molecule has 0 unspecified atom stereocenters. The second-order valence-corrected chi connectivity index (χ2v) is 2.81. The summed E-state index contributed by atoms with van der Waals surface area (Å²) in [6, 6.07) is 7.54. The molecule has 0 atom stereocenters. The van der Waals surface area contributed by atoms with Gasteiger partial charge in [0.1, 0.15) is 0 Å². The highest BCUT2D eigenvalue weighted by molar-refractivity contribution is 5.32. The molecule has 0 aromatic carbocycles. The summed E-state index contributed by atoms with van der Waals surface area (Å²) in [4.78, 5) is 7.60. The van der Waals surface area contributed by atoms with E-state index in [1.807, 2.05) is 32.9 Å². The van der Waals surface area contributed by atoms with E-state index in [0.717, 1.165) is 0 Å². The van der Waals surface area contributed by atoms with Gasteiger partial charge in [-0.2, -0.15) is 0 Å². The van der Waals surface area contributed by atoms with E-state index in [2.05, 4.69) is 9.97 Å². The van der Waals surface area contributed by atoms with Crippen LogP contribution in [-0.4, -0.2) is 9.97 Å². The Morgan fingerprint density at radius 2 is 1.56 bits per heavy atom. The average molecular weight is 217 g/mol. The fraction of sp³-hybridized carbons (Fsp3) is 0.231. The van der Waals surface area contributed by atoms with E-state index in [0.29, 0.717) is 5.69 Å². The van der Waals surface area contributed by atoms with Crippen LogP contribution in [0.25, 0.3) is 0 Å². The second kappa shape index (κ2) is 9.65. The van der Waals surface area contributed by atoms with Crippen molar-refractivity contribution in [2.45, 2.75) is 20.8 Å². The van der Waals surface area contributed by atoms with E-state index >= 15 is 0 Å². The van der Waals surface area contributed by atoms with Gasteiger partial charge in [0.05, 0.1) is 5.69 Å². The van der Waals surface area contributed by atoms with E-state index in [-0.39, 0.29) is 0 Å². The maximum Gasteiger partial charge on any atom is 0.0500 e. The van der Waals surface area contributed by atoms with Gasteiger partial charge >= 0.3 is 0 Å². The molecule has 2 aromatic heterocycles. The van der Waals surface area contributed by atoms with E-state index < -0.39 is 0 Å². The van der Waals surface area contributed by atoms with E-state index in [1.165, 1.54) is 5.56 Å². The summed E-state index contributed by atoms with van der Waals surface area (Å²) >= 11 is 0. The van der Waals surface area contributed by atoms with Crippen molar-refractivity contribution in [3.8, 4) is 0 Å². The van der Waals surface area contributed by atoms with Gasteiger partial charge in [-0.1, -0.05) is 13.8 Å². The largest absolute Gasteiger partial charge is 0.397 e. The van der Waals surface area contributed by atoms with E-state index in [1.54, 1.807) is 36.9 Å². The van der Waals surface area contributed by atoms with Crippen LogP contribution in [0.2, 0.25) is 0 Å². The van der Waals surface area contributed by atoms with Gasteiger partial charge in [-0.3, -0.25) is 9.97 Å². The topological polar surface area (TPSA) is 51.8 Å². The number of nitrogens with two attached hydrogens (primary N) is 1. The third kappa shape index (κ3) is 7.50. The minimum Gasteiger partial charge on any atom is -0.397 e. The van der Waals surface area contributed by atoms with Gasteiger partial charge in [-0.05, 0) is 36.8 Å². The highest BCUT2D eigenvalue weighted by Gasteiger charge is 1.73. The molecule has 0 radical (unpaired) electrons. The van der Waals surface area contributed by atoms with Crippen molar-refractivity contribution >= 4 is 5.69 Å². The van der Waals surface area contributed by atoms with Crippen LogP contribution in [0.15, 0.2) is 49.1 Å². The number of aromatic nitrogens is 2. The van der Waals surface area contributed by atoms with Crippen LogP contribution in [-0.2, 0) is 0 Å². The lowest BCUT2D eigenvalue weighted by molar-refractivity contribution is 1.29. The summed E-state index contributed by atoms with van der Waals surface area (Å²) in [6.07, 6.45) is 6.88. The summed E-state index contributed by atoms with van der Waals surface area (Å²) in [5.41, 5.74) is 7.27. The molecular formula is C13H19N3. The van der Waals surface area contributed by atoms with Crippen LogP contribution in [0, 0.1) is 6.92 Å². The van der Waals surface area contributed by atoms with Crippen molar-refractivity contribution in [2.75, 3.05) is 5.73 Å². The molecule has 2 rings (SSSR count). The maximum absolute atomic E-state index is 5.30. The van der Waals surface area contributed by atoms with Gasteiger partial charge < -0.3 is 5.73 Å². The summed E-state index contributed by atoms with van der Waals surface area (Å²) in [5, 5.41) is 0. The fourth-order valence-corrected chi connectivity index (χ4v) is 0.802. The molecule has 0 spiro atoms. The molecule has 0 saturated carbocycles. The van der Waals surface area contributed by atoms with Gasteiger partial charge in [-0.15, -0.1) is 0 Å². The van der Waals surface area contributed by atoms with Crippen LogP contribution in [0.1, 0.15) is 19.4 Å². The predicted molar refractivity (Wildman–Crippen MR) is 69.0 cm³/mol. The van der Waals surface area contributed by atoms with Crippen LogP contribution in [0.5, 0.6) is 0 Å². The van der Waals surface area contributed by atoms with Crippen LogP contribution in [0.4, 0.5) is 5.69 Å². The summed E-state index contributed by atoms with van der Waals surface area (Å²) in [6.45, 7) is 6.04. The quantitative estimate of drug-likeness (QED) is 0.737. The number of hydrogen-bond acceptors (Lipinski definition) is 3. The van der Waals surface area contributed by atoms with E-state index in [9.17, 15) is 0 Å². The Labute approximate surface area is 97.4 Å². The molecule has 0 saturated heterocycles. The molecule has 3 nitrogen and oxygen atoms in total. The standard InChI is InChI=1S/C6H7N.C5H6N2.C2H6/c1-6-2-4-7-5-3-6;6-5-2-1-3-7-4-5;1-2/h2-5H,1H3;1-4H,6H2;1-2H3. The zero-order chi connectivity index (χ0) is 12.2. The highest BCUT2D eigenvalue weighted by Crippen LogP contribution is 1.92. The predicted octanol–water partition coefficient (Wildman–Crippen LogP) is 3.08. The third-order valence-corrected chi connectivity index (χ3v) is 1.53. The Morgan fingerprint density at radius 3 is 1.81 bits per heavy atom. The number of pyridine rings is 2. The number of anilines is 1. The minimum absolute atomic E-state index is 0.711. The Bertz CT molecular complexity index is 309. The first-order valence-corrected chi connectivity index (χ1v) is 5.31. The van der Waals surface area contributed by atoms with Crippen molar-refractivity contribution < 1.29 is 0 Å². The van der Waals surface area contributed by atoms with Gasteiger partial charge in [0.25, 0.3) is 0 Å². The van der Waals surface area contributed by atoms with Crippen molar-refractivity contribution in [3.05, 3.63) is 54.6 Å². The molecule has 0 aliphatic rings. The molecule has 2 heterocycles. The molecule has 0 aliphatic heterocycles. The van der Waals surface area contributed by atoms with Gasteiger partial charge in [0, 0.05) is 24.8 Å². The normalized spacial score (nSPS) is 7.94. The number of aryl methyl sites for hydroxylation is 1. The molecule has 2 N–H and O–H groups in total. The summed E-state index contributed by atoms with van der Waals surface area (Å²) < 4.78 is 0. The lowest BCUT2D eigenvalue weighted by Crippen LogP contribution is -1.82. The molecule has 86 valence electrons. The first-order valence-electron chi connectivity index (χ1n) is 5.31. The summed E-state index contributed by atoms with van der Waals surface area (Å²) in [5.74, 6) is 0. The molecule has 2 aromatic rings. The zero-order valence-electron chi connectivity index (χ0n) is 10.1. The Morgan fingerprint density at radius 1 is 0.938 bits per heavy atom. The van der Waals surface area contributed by atoms with Crippen molar-refractivity contribution in [2.24, 2.45) is 0 Å². The number of hydrogen-bond donors (Lipinski definition) is 1.